The van der Waals surface area contributed by atoms with Crippen molar-refractivity contribution >= 4 is 38.9 Å². The molecule has 0 saturated carbocycles. The molecule has 0 saturated heterocycles. The summed E-state index contributed by atoms with van der Waals surface area (Å²) in [5.74, 6) is 0.503. The molecule has 2 N–H and O–H groups in total. The van der Waals surface area contributed by atoms with E-state index in [1.807, 2.05) is 30.3 Å². The number of halogens is 1. The monoisotopic (exact) mass is 399 g/mol. The summed E-state index contributed by atoms with van der Waals surface area (Å²) < 4.78 is 31.5. The van der Waals surface area contributed by atoms with Gasteiger partial charge in [0.25, 0.3) is 0 Å². The van der Waals surface area contributed by atoms with Gasteiger partial charge in [-0.25, -0.2) is 17.7 Å². The molecule has 9 heteroatoms. The highest BCUT2D eigenvalue weighted by Gasteiger charge is 2.42. The van der Waals surface area contributed by atoms with Gasteiger partial charge in [0, 0.05) is 17.5 Å². The first-order chi connectivity index (χ1) is 11.7. The Balaban J connectivity index is 2.09. The smallest absolute Gasteiger partial charge is 0.239 e. The molecule has 25 heavy (non-hydrogen) atoms. The van der Waals surface area contributed by atoms with E-state index in [9.17, 15) is 8.42 Å². The van der Waals surface area contributed by atoms with Crippen molar-refractivity contribution in [3.05, 3.63) is 40.2 Å². The predicted molar refractivity (Wildman–Crippen MR) is 102 cm³/mol. The highest BCUT2D eigenvalue weighted by molar-refractivity contribution is 7.89. The van der Waals surface area contributed by atoms with Crippen molar-refractivity contribution in [3.8, 4) is 16.2 Å². The number of sulfonamides is 1. The van der Waals surface area contributed by atoms with Crippen LogP contribution in [0.4, 0.5) is 0 Å². The summed E-state index contributed by atoms with van der Waals surface area (Å²) in [7, 11) is -0.547. The van der Waals surface area contributed by atoms with Gasteiger partial charge in [-0.05, 0) is 30.7 Å². The number of benzene rings is 1. The highest BCUT2D eigenvalue weighted by atomic mass is 35.5. The number of guanidine groups is 1. The number of thiophene rings is 1. The SMILES string of the molecule is COc1cccc(-c2cc(C3(C)CS(=O)(=O)N(C)C(N)=N3)c(Cl)s2)c1. The van der Waals surface area contributed by atoms with Crippen molar-refractivity contribution in [3.63, 3.8) is 0 Å². The van der Waals surface area contributed by atoms with Crippen LogP contribution < -0.4 is 10.5 Å². The number of aliphatic imine (C=N–C) groups is 1. The molecule has 2 heterocycles. The largest absolute Gasteiger partial charge is 0.497 e. The lowest BCUT2D eigenvalue weighted by molar-refractivity contribution is 0.415. The predicted octanol–water partition coefficient (Wildman–Crippen LogP) is 2.88. The van der Waals surface area contributed by atoms with Crippen molar-refractivity contribution in [1.82, 2.24) is 4.31 Å². The van der Waals surface area contributed by atoms with E-state index >= 15 is 0 Å². The third-order valence-electron chi connectivity index (χ3n) is 4.19. The summed E-state index contributed by atoms with van der Waals surface area (Å²) >= 11 is 7.81. The van der Waals surface area contributed by atoms with Gasteiger partial charge in [-0.1, -0.05) is 23.7 Å². The van der Waals surface area contributed by atoms with Crippen molar-refractivity contribution < 1.29 is 13.2 Å². The molecule has 1 aromatic heterocycles. The summed E-state index contributed by atoms with van der Waals surface area (Å²) in [6.45, 7) is 1.73. The first kappa shape index (κ1) is 18.0. The second kappa shape index (κ2) is 6.19. The number of hydrogen-bond donors (Lipinski definition) is 1. The van der Waals surface area contributed by atoms with Crippen molar-refractivity contribution in [1.29, 1.82) is 0 Å². The van der Waals surface area contributed by atoms with Gasteiger partial charge in [0.1, 0.15) is 11.3 Å². The topological polar surface area (TPSA) is 85.0 Å². The normalized spacial score (nSPS) is 22.6. The molecular weight excluding hydrogens is 382 g/mol. The minimum atomic E-state index is -3.55. The van der Waals surface area contributed by atoms with Gasteiger partial charge in [-0.2, -0.15) is 0 Å². The molecule has 1 aliphatic rings. The molecule has 3 rings (SSSR count). The lowest BCUT2D eigenvalue weighted by Crippen LogP contribution is -2.50. The minimum Gasteiger partial charge on any atom is -0.497 e. The zero-order valence-electron chi connectivity index (χ0n) is 14.0. The van der Waals surface area contributed by atoms with Crippen LogP contribution in [0.1, 0.15) is 12.5 Å². The summed E-state index contributed by atoms with van der Waals surface area (Å²) in [5.41, 5.74) is 6.37. The number of nitrogens with zero attached hydrogens (tertiary/aromatic N) is 2. The first-order valence-corrected chi connectivity index (χ1v) is 10.2. The molecule has 1 atom stereocenters. The van der Waals surface area contributed by atoms with E-state index in [4.69, 9.17) is 22.1 Å². The Labute approximate surface area is 155 Å². The number of methoxy groups -OCH3 is 1. The molecule has 0 radical (unpaired) electrons. The molecule has 0 bridgehead atoms. The fourth-order valence-electron chi connectivity index (χ4n) is 2.74. The van der Waals surface area contributed by atoms with Crippen LogP contribution in [-0.4, -0.2) is 38.6 Å². The Kier molecular flexibility index (Phi) is 4.47. The van der Waals surface area contributed by atoms with Gasteiger partial charge in [-0.3, -0.25) is 0 Å². The van der Waals surface area contributed by atoms with E-state index in [2.05, 4.69) is 4.99 Å². The first-order valence-electron chi connectivity index (χ1n) is 7.42. The molecule has 0 spiro atoms. The van der Waals surface area contributed by atoms with Crippen LogP contribution in [-0.2, 0) is 15.6 Å². The Hall–Kier alpha value is -1.77. The number of nitrogens with two attached hydrogens (primary N) is 1. The van der Waals surface area contributed by atoms with Crippen LogP contribution >= 0.6 is 22.9 Å². The molecule has 0 aliphatic carbocycles. The Morgan fingerprint density at radius 2 is 2.12 bits per heavy atom. The third kappa shape index (κ3) is 3.21. The van der Waals surface area contributed by atoms with Gasteiger partial charge in [0.2, 0.25) is 16.0 Å². The Bertz CT molecular complexity index is 955. The maximum atomic E-state index is 12.4. The van der Waals surface area contributed by atoms with Crippen LogP contribution in [0, 0.1) is 0 Å². The van der Waals surface area contributed by atoms with Crippen molar-refractivity contribution in [2.75, 3.05) is 19.9 Å². The summed E-state index contributed by atoms with van der Waals surface area (Å²) in [6.07, 6.45) is 0. The summed E-state index contributed by atoms with van der Waals surface area (Å²) in [6, 6.07) is 9.46. The van der Waals surface area contributed by atoms with E-state index in [0.717, 1.165) is 20.5 Å². The summed E-state index contributed by atoms with van der Waals surface area (Å²) in [5, 5.41) is 0. The van der Waals surface area contributed by atoms with Crippen LogP contribution in [0.5, 0.6) is 5.75 Å². The molecule has 134 valence electrons. The number of hydrogen-bond acceptors (Lipinski definition) is 6. The molecule has 6 nitrogen and oxygen atoms in total. The quantitative estimate of drug-likeness (QED) is 0.859. The third-order valence-corrected chi connectivity index (χ3v) is 7.54. The molecule has 2 aromatic rings. The van der Waals surface area contributed by atoms with Gasteiger partial charge < -0.3 is 10.5 Å². The van der Waals surface area contributed by atoms with Gasteiger partial charge in [-0.15, -0.1) is 11.3 Å². The maximum Gasteiger partial charge on any atom is 0.239 e. The fraction of sp³-hybridized carbons (Fsp3) is 0.312. The van der Waals surface area contributed by atoms with E-state index in [0.29, 0.717) is 9.90 Å². The van der Waals surface area contributed by atoms with Crippen LogP contribution in [0.2, 0.25) is 4.34 Å². The van der Waals surface area contributed by atoms with Gasteiger partial charge >= 0.3 is 0 Å². The lowest BCUT2D eigenvalue weighted by atomic mass is 9.96. The van der Waals surface area contributed by atoms with Crippen LogP contribution in [0.15, 0.2) is 35.3 Å². The molecule has 1 aromatic carbocycles. The van der Waals surface area contributed by atoms with E-state index in [-0.39, 0.29) is 11.7 Å². The second-order valence-electron chi connectivity index (χ2n) is 6.00. The second-order valence-corrected chi connectivity index (χ2v) is 9.65. The minimum absolute atomic E-state index is 0.0426. The standard InChI is InChI=1S/C16H18ClN3O3S2/c1-16(9-25(21,22)20(2)15(18)19-16)12-8-13(24-14(12)17)10-5-4-6-11(7-10)23-3/h4-8H,9H2,1-3H3,(H2,18,19). The molecule has 1 aliphatic heterocycles. The molecule has 0 fully saturated rings. The highest BCUT2D eigenvalue weighted by Crippen LogP contribution is 2.43. The van der Waals surface area contributed by atoms with Gasteiger partial charge in [0.15, 0.2) is 0 Å². The van der Waals surface area contributed by atoms with Crippen LogP contribution in [0.3, 0.4) is 0 Å². The summed E-state index contributed by atoms with van der Waals surface area (Å²) in [4.78, 5) is 5.31. The van der Waals surface area contributed by atoms with E-state index in [1.165, 1.54) is 18.4 Å². The fourth-order valence-corrected chi connectivity index (χ4v) is 5.70. The molecule has 1 unspecified atom stereocenters. The van der Waals surface area contributed by atoms with Crippen molar-refractivity contribution in [2.45, 2.75) is 12.5 Å². The van der Waals surface area contributed by atoms with Gasteiger partial charge in [0.05, 0.1) is 17.2 Å². The van der Waals surface area contributed by atoms with E-state index < -0.39 is 15.6 Å². The van der Waals surface area contributed by atoms with E-state index in [1.54, 1.807) is 14.0 Å². The average molecular weight is 400 g/mol. The molecule has 0 amide bonds. The zero-order valence-corrected chi connectivity index (χ0v) is 16.4. The Morgan fingerprint density at radius 1 is 1.40 bits per heavy atom. The van der Waals surface area contributed by atoms with Crippen LogP contribution in [0.25, 0.3) is 10.4 Å². The average Bonchev–Trinajstić information content (AvgIpc) is 2.95. The number of ether oxygens (including phenoxy) is 1. The maximum absolute atomic E-state index is 12.4. The lowest BCUT2D eigenvalue weighted by Gasteiger charge is -2.34. The molecular formula is C16H18ClN3O3S2. The Morgan fingerprint density at radius 3 is 2.76 bits per heavy atom. The number of rotatable bonds is 3. The zero-order chi connectivity index (χ0) is 18.4. The van der Waals surface area contributed by atoms with Crippen molar-refractivity contribution in [2.24, 2.45) is 10.7 Å².